The summed E-state index contributed by atoms with van der Waals surface area (Å²) < 4.78 is 0. The van der Waals surface area contributed by atoms with Crippen LogP contribution in [0.1, 0.15) is 12.8 Å². The van der Waals surface area contributed by atoms with Gasteiger partial charge in [-0.1, -0.05) is 0 Å². The lowest BCUT2D eigenvalue weighted by Crippen LogP contribution is -2.56. The first-order chi connectivity index (χ1) is 8.25. The second-order valence-corrected chi connectivity index (χ2v) is 4.97. The van der Waals surface area contributed by atoms with E-state index < -0.39 is 0 Å². The van der Waals surface area contributed by atoms with Gasteiger partial charge in [0.05, 0.1) is 12.1 Å². The molecule has 6 nitrogen and oxygen atoms in total. The summed E-state index contributed by atoms with van der Waals surface area (Å²) in [4.78, 5) is 27.4. The minimum Gasteiger partial charge on any atom is -0.337 e. The van der Waals surface area contributed by atoms with E-state index in [9.17, 15) is 9.59 Å². The highest BCUT2D eigenvalue weighted by molar-refractivity contribution is 5.83. The molecule has 0 aromatic carbocycles. The van der Waals surface area contributed by atoms with E-state index in [4.69, 9.17) is 0 Å². The Balaban J connectivity index is 1.62. The molecule has 0 bridgehead atoms. The fraction of sp³-hybridized carbons (Fsp3) is 0.818. The van der Waals surface area contributed by atoms with Crippen molar-refractivity contribution in [1.82, 2.24) is 20.4 Å². The number of fused-ring (bicyclic) bond motifs is 1. The number of hydrogen-bond acceptors (Lipinski definition) is 3. The van der Waals surface area contributed by atoms with Crippen molar-refractivity contribution in [2.24, 2.45) is 0 Å². The number of nitrogens with zero attached hydrogens (tertiary/aromatic N) is 2. The summed E-state index contributed by atoms with van der Waals surface area (Å²) in [5, 5.41) is 6.06. The minimum absolute atomic E-state index is 0.00612. The molecule has 2 atom stereocenters. The molecule has 0 spiro atoms. The van der Waals surface area contributed by atoms with Crippen molar-refractivity contribution in [3.63, 3.8) is 0 Å². The zero-order chi connectivity index (χ0) is 11.8. The molecular formula is C11H18N4O2. The second-order valence-electron chi connectivity index (χ2n) is 4.97. The van der Waals surface area contributed by atoms with Gasteiger partial charge in [-0.25, -0.2) is 4.79 Å². The van der Waals surface area contributed by atoms with Crippen LogP contribution in [0.15, 0.2) is 0 Å². The number of urea groups is 1. The van der Waals surface area contributed by atoms with Gasteiger partial charge in [-0.15, -0.1) is 0 Å². The molecule has 2 N–H and O–H groups in total. The van der Waals surface area contributed by atoms with Gasteiger partial charge in [0.1, 0.15) is 0 Å². The lowest BCUT2D eigenvalue weighted by Gasteiger charge is -2.37. The Morgan fingerprint density at radius 3 is 3.00 bits per heavy atom. The highest BCUT2D eigenvalue weighted by Crippen LogP contribution is 2.16. The van der Waals surface area contributed by atoms with Crippen molar-refractivity contribution in [1.29, 1.82) is 0 Å². The molecule has 3 aliphatic rings. The molecule has 17 heavy (non-hydrogen) atoms. The van der Waals surface area contributed by atoms with Crippen LogP contribution in [-0.2, 0) is 4.79 Å². The Hall–Kier alpha value is -1.30. The molecule has 1 unspecified atom stereocenters. The van der Waals surface area contributed by atoms with Gasteiger partial charge >= 0.3 is 6.03 Å². The largest absolute Gasteiger partial charge is 0.337 e. The molecule has 94 valence electrons. The van der Waals surface area contributed by atoms with Crippen LogP contribution < -0.4 is 10.6 Å². The van der Waals surface area contributed by atoms with E-state index in [0.717, 1.165) is 19.4 Å². The topological polar surface area (TPSA) is 64.7 Å². The van der Waals surface area contributed by atoms with Crippen molar-refractivity contribution in [2.45, 2.75) is 24.9 Å². The molecular weight excluding hydrogens is 220 g/mol. The van der Waals surface area contributed by atoms with Crippen LogP contribution in [-0.4, -0.2) is 66.5 Å². The average molecular weight is 238 g/mol. The third kappa shape index (κ3) is 1.86. The highest BCUT2D eigenvalue weighted by Gasteiger charge is 2.38. The third-order valence-corrected chi connectivity index (χ3v) is 3.90. The van der Waals surface area contributed by atoms with Crippen molar-refractivity contribution in [3.05, 3.63) is 0 Å². The summed E-state index contributed by atoms with van der Waals surface area (Å²) in [6.07, 6.45) is 2.03. The van der Waals surface area contributed by atoms with Gasteiger partial charge in [0.2, 0.25) is 5.91 Å². The normalized spacial score (nSPS) is 32.6. The van der Waals surface area contributed by atoms with Crippen LogP contribution in [0, 0.1) is 0 Å². The number of amides is 3. The van der Waals surface area contributed by atoms with Crippen LogP contribution in [0.4, 0.5) is 4.79 Å². The summed E-state index contributed by atoms with van der Waals surface area (Å²) >= 11 is 0. The minimum atomic E-state index is 0.00612. The summed E-state index contributed by atoms with van der Waals surface area (Å²) in [7, 11) is 0. The average Bonchev–Trinajstić information content (AvgIpc) is 2.98. The first kappa shape index (κ1) is 10.8. The number of hydrogen-bond donors (Lipinski definition) is 2. The molecule has 0 aliphatic carbocycles. The van der Waals surface area contributed by atoms with Crippen molar-refractivity contribution >= 4 is 11.9 Å². The number of carbonyl (C=O) groups excluding carboxylic acids is 2. The number of carbonyl (C=O) groups is 2. The Morgan fingerprint density at radius 2 is 2.24 bits per heavy atom. The zero-order valence-corrected chi connectivity index (χ0v) is 9.82. The molecule has 0 aromatic heterocycles. The SMILES string of the molecule is O=C([C@@H]1CCCN1)N1CCN2C(=O)NCC2C1. The van der Waals surface area contributed by atoms with Crippen molar-refractivity contribution in [2.75, 3.05) is 32.7 Å². The Bertz CT molecular complexity index is 340. The van der Waals surface area contributed by atoms with E-state index in [2.05, 4.69) is 10.6 Å². The van der Waals surface area contributed by atoms with Crippen LogP contribution in [0.25, 0.3) is 0 Å². The maximum atomic E-state index is 12.2. The predicted molar refractivity (Wildman–Crippen MR) is 61.5 cm³/mol. The fourth-order valence-electron chi connectivity index (χ4n) is 2.92. The smallest absolute Gasteiger partial charge is 0.317 e. The molecule has 3 saturated heterocycles. The molecule has 3 heterocycles. The first-order valence-corrected chi connectivity index (χ1v) is 6.32. The number of rotatable bonds is 1. The van der Waals surface area contributed by atoms with Crippen LogP contribution >= 0.6 is 0 Å². The van der Waals surface area contributed by atoms with Crippen molar-refractivity contribution < 1.29 is 9.59 Å². The summed E-state index contributed by atoms with van der Waals surface area (Å²) in [5.74, 6) is 0.210. The Kier molecular flexibility index (Phi) is 2.66. The lowest BCUT2D eigenvalue weighted by atomic mass is 10.1. The quantitative estimate of drug-likeness (QED) is 0.614. The van der Waals surface area contributed by atoms with Gasteiger partial charge in [0, 0.05) is 26.2 Å². The summed E-state index contributed by atoms with van der Waals surface area (Å²) in [6.45, 7) is 3.62. The van der Waals surface area contributed by atoms with Gasteiger partial charge in [0.15, 0.2) is 0 Å². The Morgan fingerprint density at radius 1 is 1.35 bits per heavy atom. The highest BCUT2D eigenvalue weighted by atomic mass is 16.2. The van der Waals surface area contributed by atoms with Crippen molar-refractivity contribution in [3.8, 4) is 0 Å². The van der Waals surface area contributed by atoms with E-state index in [1.165, 1.54) is 0 Å². The van der Waals surface area contributed by atoms with Gasteiger partial charge < -0.3 is 20.4 Å². The van der Waals surface area contributed by atoms with E-state index in [1.54, 1.807) is 0 Å². The third-order valence-electron chi connectivity index (χ3n) is 3.90. The Labute approximate surface area is 100 Å². The molecule has 3 rings (SSSR count). The molecule has 0 saturated carbocycles. The van der Waals surface area contributed by atoms with Gasteiger partial charge in [0.25, 0.3) is 0 Å². The molecule has 0 radical (unpaired) electrons. The molecule has 3 aliphatic heterocycles. The van der Waals surface area contributed by atoms with E-state index in [0.29, 0.717) is 26.2 Å². The number of piperazine rings is 1. The predicted octanol–water partition coefficient (Wildman–Crippen LogP) is -1.03. The van der Waals surface area contributed by atoms with E-state index in [1.807, 2.05) is 9.80 Å². The van der Waals surface area contributed by atoms with Crippen LogP contribution in [0.2, 0.25) is 0 Å². The molecule has 0 aromatic rings. The van der Waals surface area contributed by atoms with Crippen LogP contribution in [0.3, 0.4) is 0 Å². The number of nitrogens with one attached hydrogen (secondary N) is 2. The van der Waals surface area contributed by atoms with E-state index >= 15 is 0 Å². The standard InChI is InChI=1S/C11H18N4O2/c16-10(9-2-1-3-12-9)14-4-5-15-8(7-14)6-13-11(15)17/h8-9,12H,1-7H2,(H,13,17)/t8?,9-/m0/s1. The zero-order valence-electron chi connectivity index (χ0n) is 9.82. The fourth-order valence-corrected chi connectivity index (χ4v) is 2.92. The van der Waals surface area contributed by atoms with Gasteiger partial charge in [-0.05, 0) is 19.4 Å². The maximum absolute atomic E-state index is 12.2. The molecule has 3 amide bonds. The second kappa shape index (κ2) is 4.18. The van der Waals surface area contributed by atoms with Gasteiger partial charge in [-0.2, -0.15) is 0 Å². The maximum Gasteiger partial charge on any atom is 0.317 e. The summed E-state index contributed by atoms with van der Waals surface area (Å²) in [6, 6.07) is 0.189. The van der Waals surface area contributed by atoms with Crippen LogP contribution in [0.5, 0.6) is 0 Å². The lowest BCUT2D eigenvalue weighted by molar-refractivity contribution is -0.135. The molecule has 3 fully saturated rings. The summed E-state index contributed by atoms with van der Waals surface area (Å²) in [5.41, 5.74) is 0. The van der Waals surface area contributed by atoms with Gasteiger partial charge in [-0.3, -0.25) is 4.79 Å². The van der Waals surface area contributed by atoms with E-state index in [-0.39, 0.29) is 24.0 Å². The molecule has 6 heteroatoms. The first-order valence-electron chi connectivity index (χ1n) is 6.32. The monoisotopic (exact) mass is 238 g/mol.